The summed E-state index contributed by atoms with van der Waals surface area (Å²) in [6.45, 7) is 7.89. The predicted octanol–water partition coefficient (Wildman–Crippen LogP) is 2.63. The summed E-state index contributed by atoms with van der Waals surface area (Å²) < 4.78 is 5.19. The highest BCUT2D eigenvalue weighted by molar-refractivity contribution is 5.30. The minimum absolute atomic E-state index is 0.172. The molecule has 0 heterocycles. The van der Waals surface area contributed by atoms with E-state index in [1.807, 2.05) is 13.8 Å². The summed E-state index contributed by atoms with van der Waals surface area (Å²) in [5.41, 5.74) is 2.87. The van der Waals surface area contributed by atoms with E-state index in [4.69, 9.17) is 4.74 Å². The number of rotatable bonds is 4. The van der Waals surface area contributed by atoms with Crippen LogP contribution < -0.4 is 0 Å². The molecule has 0 amide bonds. The zero-order valence-electron chi connectivity index (χ0n) is 10.9. The molecule has 0 aliphatic carbocycles. The molecular weight excluding hydrogens is 200 g/mol. The summed E-state index contributed by atoms with van der Waals surface area (Å²) >= 11 is 0. The van der Waals surface area contributed by atoms with Gasteiger partial charge in [0.1, 0.15) is 0 Å². The molecule has 1 aromatic carbocycles. The van der Waals surface area contributed by atoms with Crippen molar-refractivity contribution < 1.29 is 9.84 Å². The van der Waals surface area contributed by atoms with Crippen molar-refractivity contribution in [3.05, 3.63) is 34.9 Å². The van der Waals surface area contributed by atoms with Gasteiger partial charge >= 0.3 is 0 Å². The van der Waals surface area contributed by atoms with Crippen LogP contribution in [0.4, 0.5) is 0 Å². The molecule has 1 aromatic rings. The third-order valence-corrected chi connectivity index (χ3v) is 3.36. The standard InChI is InChI=1S/C14H22O2/c1-10-6-7-13(8-11(10)2)9-14(4,15)12(3)16-5/h6-8,12,15H,9H2,1-5H3. The molecule has 2 nitrogen and oxygen atoms in total. The first-order valence-electron chi connectivity index (χ1n) is 5.68. The van der Waals surface area contributed by atoms with E-state index < -0.39 is 5.60 Å². The molecule has 0 aliphatic heterocycles. The first kappa shape index (κ1) is 13.2. The predicted molar refractivity (Wildman–Crippen MR) is 66.7 cm³/mol. The van der Waals surface area contributed by atoms with Gasteiger partial charge in [-0.05, 0) is 44.4 Å². The van der Waals surface area contributed by atoms with Crippen LogP contribution in [0.15, 0.2) is 18.2 Å². The number of hydrogen-bond acceptors (Lipinski definition) is 2. The van der Waals surface area contributed by atoms with E-state index in [-0.39, 0.29) is 6.10 Å². The largest absolute Gasteiger partial charge is 0.387 e. The van der Waals surface area contributed by atoms with Crippen molar-refractivity contribution in [2.45, 2.75) is 45.8 Å². The van der Waals surface area contributed by atoms with Gasteiger partial charge in [-0.25, -0.2) is 0 Å². The van der Waals surface area contributed by atoms with Crippen LogP contribution in [0.5, 0.6) is 0 Å². The average molecular weight is 222 g/mol. The number of ether oxygens (including phenoxy) is 1. The molecule has 0 aromatic heterocycles. The summed E-state index contributed by atoms with van der Waals surface area (Å²) in [6.07, 6.45) is 0.442. The normalized spacial score (nSPS) is 16.9. The van der Waals surface area contributed by atoms with E-state index in [0.717, 1.165) is 5.56 Å². The summed E-state index contributed by atoms with van der Waals surface area (Å²) in [6, 6.07) is 6.30. The molecule has 1 rings (SSSR count). The molecule has 16 heavy (non-hydrogen) atoms. The van der Waals surface area contributed by atoms with Crippen LogP contribution in [-0.4, -0.2) is 23.9 Å². The van der Waals surface area contributed by atoms with Crippen molar-refractivity contribution >= 4 is 0 Å². The maximum absolute atomic E-state index is 10.3. The maximum atomic E-state index is 10.3. The molecule has 1 N–H and O–H groups in total. The number of methoxy groups -OCH3 is 1. The van der Waals surface area contributed by atoms with Gasteiger partial charge in [0, 0.05) is 13.5 Å². The molecule has 2 unspecified atom stereocenters. The Bertz CT molecular complexity index is 356. The fourth-order valence-electron chi connectivity index (χ4n) is 1.72. The maximum Gasteiger partial charge on any atom is 0.0917 e. The molecule has 0 fully saturated rings. The first-order chi connectivity index (χ1) is 7.36. The summed E-state index contributed by atoms with van der Waals surface area (Å²) in [5, 5.41) is 10.3. The van der Waals surface area contributed by atoms with Gasteiger partial charge in [0.05, 0.1) is 11.7 Å². The minimum Gasteiger partial charge on any atom is -0.387 e. The number of hydrogen-bond donors (Lipinski definition) is 1. The molecular formula is C14H22O2. The molecule has 0 saturated heterocycles. The third kappa shape index (κ3) is 3.06. The van der Waals surface area contributed by atoms with Gasteiger partial charge in [0.15, 0.2) is 0 Å². The van der Waals surface area contributed by atoms with Gasteiger partial charge in [-0.3, -0.25) is 0 Å². The van der Waals surface area contributed by atoms with E-state index in [0.29, 0.717) is 6.42 Å². The fraction of sp³-hybridized carbons (Fsp3) is 0.571. The van der Waals surface area contributed by atoms with Gasteiger partial charge in [-0.2, -0.15) is 0 Å². The molecule has 0 spiro atoms. The SMILES string of the molecule is COC(C)C(C)(O)Cc1ccc(C)c(C)c1. The van der Waals surface area contributed by atoms with E-state index in [2.05, 4.69) is 32.0 Å². The van der Waals surface area contributed by atoms with E-state index >= 15 is 0 Å². The van der Waals surface area contributed by atoms with Crippen molar-refractivity contribution in [1.29, 1.82) is 0 Å². The van der Waals surface area contributed by atoms with E-state index in [9.17, 15) is 5.11 Å². The van der Waals surface area contributed by atoms with Gasteiger partial charge in [0.25, 0.3) is 0 Å². The second kappa shape index (κ2) is 4.98. The molecule has 0 aliphatic rings. The van der Waals surface area contributed by atoms with E-state index in [1.165, 1.54) is 11.1 Å². The highest BCUT2D eigenvalue weighted by Crippen LogP contribution is 2.20. The van der Waals surface area contributed by atoms with Crippen LogP contribution in [-0.2, 0) is 11.2 Å². The molecule has 2 atom stereocenters. The Labute approximate surface area is 98.3 Å². The van der Waals surface area contributed by atoms with Crippen molar-refractivity contribution in [3.8, 4) is 0 Å². The van der Waals surface area contributed by atoms with Gasteiger partial charge in [-0.1, -0.05) is 18.2 Å². The van der Waals surface area contributed by atoms with Crippen LogP contribution in [0.2, 0.25) is 0 Å². The molecule has 0 saturated carbocycles. The zero-order valence-corrected chi connectivity index (χ0v) is 10.9. The Morgan fingerprint density at radius 1 is 1.31 bits per heavy atom. The van der Waals surface area contributed by atoms with Crippen molar-refractivity contribution in [2.24, 2.45) is 0 Å². The molecule has 0 radical (unpaired) electrons. The third-order valence-electron chi connectivity index (χ3n) is 3.36. The lowest BCUT2D eigenvalue weighted by atomic mass is 9.90. The van der Waals surface area contributed by atoms with Gasteiger partial charge in [-0.15, -0.1) is 0 Å². The number of aryl methyl sites for hydroxylation is 2. The lowest BCUT2D eigenvalue weighted by Gasteiger charge is -2.29. The fourth-order valence-corrected chi connectivity index (χ4v) is 1.72. The summed E-state index contributed by atoms with van der Waals surface area (Å²) in [7, 11) is 1.62. The zero-order chi connectivity index (χ0) is 12.3. The van der Waals surface area contributed by atoms with Crippen LogP contribution in [0.1, 0.15) is 30.5 Å². The van der Waals surface area contributed by atoms with Crippen LogP contribution in [0.3, 0.4) is 0 Å². The molecule has 90 valence electrons. The van der Waals surface area contributed by atoms with Crippen LogP contribution in [0, 0.1) is 13.8 Å². The highest BCUT2D eigenvalue weighted by Gasteiger charge is 2.28. The van der Waals surface area contributed by atoms with Crippen LogP contribution in [0.25, 0.3) is 0 Å². The lowest BCUT2D eigenvalue weighted by molar-refractivity contribution is -0.0715. The Morgan fingerprint density at radius 2 is 1.94 bits per heavy atom. The van der Waals surface area contributed by atoms with Gasteiger partial charge < -0.3 is 9.84 Å². The molecule has 2 heteroatoms. The highest BCUT2D eigenvalue weighted by atomic mass is 16.5. The lowest BCUT2D eigenvalue weighted by Crippen LogP contribution is -2.40. The van der Waals surface area contributed by atoms with Crippen molar-refractivity contribution in [2.75, 3.05) is 7.11 Å². The topological polar surface area (TPSA) is 29.5 Å². The Kier molecular flexibility index (Phi) is 4.11. The summed E-state index contributed by atoms with van der Waals surface area (Å²) in [5.74, 6) is 0. The number of aliphatic hydroxyl groups is 1. The summed E-state index contributed by atoms with van der Waals surface area (Å²) in [4.78, 5) is 0. The van der Waals surface area contributed by atoms with Crippen molar-refractivity contribution in [3.63, 3.8) is 0 Å². The number of benzene rings is 1. The second-order valence-corrected chi connectivity index (χ2v) is 4.83. The average Bonchev–Trinajstić information content (AvgIpc) is 2.22. The van der Waals surface area contributed by atoms with Crippen LogP contribution >= 0.6 is 0 Å². The van der Waals surface area contributed by atoms with Gasteiger partial charge in [0.2, 0.25) is 0 Å². The second-order valence-electron chi connectivity index (χ2n) is 4.83. The monoisotopic (exact) mass is 222 g/mol. The van der Waals surface area contributed by atoms with Crippen molar-refractivity contribution in [1.82, 2.24) is 0 Å². The Balaban J connectivity index is 2.84. The molecule has 0 bridgehead atoms. The minimum atomic E-state index is -0.823. The smallest absolute Gasteiger partial charge is 0.0917 e. The van der Waals surface area contributed by atoms with E-state index in [1.54, 1.807) is 7.11 Å². The first-order valence-corrected chi connectivity index (χ1v) is 5.68. The Morgan fingerprint density at radius 3 is 2.44 bits per heavy atom. The quantitative estimate of drug-likeness (QED) is 0.848. The Hall–Kier alpha value is -0.860.